The first-order valence-electron chi connectivity index (χ1n) is 4.51. The van der Waals surface area contributed by atoms with Crippen molar-refractivity contribution in [3.63, 3.8) is 0 Å². The Labute approximate surface area is 91.5 Å². The van der Waals surface area contributed by atoms with Gasteiger partial charge >= 0.3 is 0 Å². The van der Waals surface area contributed by atoms with Gasteiger partial charge in [0.15, 0.2) is 0 Å². The number of rotatable bonds is 1. The summed E-state index contributed by atoms with van der Waals surface area (Å²) in [6.07, 6.45) is 0. The molecule has 78 valence electrons. The molecule has 1 aromatic rings. The molecule has 0 N–H and O–H groups in total. The van der Waals surface area contributed by atoms with Crippen LogP contribution >= 0.6 is 15.9 Å². The minimum absolute atomic E-state index is 0.0126. The molecule has 0 aliphatic heterocycles. The van der Waals surface area contributed by atoms with E-state index in [0.717, 1.165) is 0 Å². The van der Waals surface area contributed by atoms with Crippen molar-refractivity contribution in [1.29, 1.82) is 0 Å². The van der Waals surface area contributed by atoms with Gasteiger partial charge in [-0.3, -0.25) is 0 Å². The van der Waals surface area contributed by atoms with Gasteiger partial charge in [0.25, 0.3) is 0 Å². The Hall–Kier alpha value is -0.440. The third kappa shape index (κ3) is 1.70. The molecule has 0 radical (unpaired) electrons. The zero-order chi connectivity index (χ0) is 11.0. The summed E-state index contributed by atoms with van der Waals surface area (Å²) in [5, 5.41) is 0. The Morgan fingerprint density at radius 1 is 1.00 bits per heavy atom. The molecule has 14 heavy (non-hydrogen) atoms. The Bertz CT molecular complexity index is 341. The van der Waals surface area contributed by atoms with E-state index in [-0.39, 0.29) is 22.0 Å². The van der Waals surface area contributed by atoms with E-state index in [1.807, 2.05) is 13.8 Å². The SMILES string of the molecule is Cc1c(F)c(C)c(C(C)C)c(F)c1Br. The van der Waals surface area contributed by atoms with Crippen molar-refractivity contribution in [1.82, 2.24) is 0 Å². The van der Waals surface area contributed by atoms with Gasteiger partial charge in [0.2, 0.25) is 0 Å². The van der Waals surface area contributed by atoms with Crippen molar-refractivity contribution in [3.05, 3.63) is 32.8 Å². The summed E-state index contributed by atoms with van der Waals surface area (Å²) in [5.74, 6) is -0.667. The maximum absolute atomic E-state index is 13.7. The van der Waals surface area contributed by atoms with Crippen LogP contribution in [0.5, 0.6) is 0 Å². The van der Waals surface area contributed by atoms with Crippen LogP contribution in [0.4, 0.5) is 8.78 Å². The van der Waals surface area contributed by atoms with Crippen LogP contribution in [0.2, 0.25) is 0 Å². The van der Waals surface area contributed by atoms with Gasteiger partial charge in [-0.2, -0.15) is 0 Å². The molecule has 0 saturated heterocycles. The molecule has 0 atom stereocenters. The van der Waals surface area contributed by atoms with Crippen molar-refractivity contribution in [2.45, 2.75) is 33.6 Å². The summed E-state index contributed by atoms with van der Waals surface area (Å²) in [6, 6.07) is 0. The van der Waals surface area contributed by atoms with Crippen LogP contribution in [0.1, 0.15) is 36.5 Å². The van der Waals surface area contributed by atoms with E-state index in [2.05, 4.69) is 15.9 Å². The molecule has 1 aromatic carbocycles. The van der Waals surface area contributed by atoms with Crippen LogP contribution < -0.4 is 0 Å². The van der Waals surface area contributed by atoms with Crippen molar-refractivity contribution in [2.75, 3.05) is 0 Å². The van der Waals surface area contributed by atoms with E-state index in [1.165, 1.54) is 0 Å². The molecule has 0 spiro atoms. The zero-order valence-corrected chi connectivity index (χ0v) is 10.3. The highest BCUT2D eigenvalue weighted by Crippen LogP contribution is 2.33. The van der Waals surface area contributed by atoms with E-state index < -0.39 is 0 Å². The molecule has 3 heteroatoms. The molecule has 0 aliphatic carbocycles. The molecule has 0 bridgehead atoms. The van der Waals surface area contributed by atoms with E-state index in [9.17, 15) is 8.78 Å². The quantitative estimate of drug-likeness (QED) is 0.656. The summed E-state index contributed by atoms with van der Waals surface area (Å²) >= 11 is 3.07. The van der Waals surface area contributed by atoms with Crippen molar-refractivity contribution >= 4 is 15.9 Å². The topological polar surface area (TPSA) is 0 Å². The molecular formula is C11H13BrF2. The summed E-state index contributed by atoms with van der Waals surface area (Å²) < 4.78 is 27.6. The lowest BCUT2D eigenvalue weighted by Gasteiger charge is -2.15. The normalized spacial score (nSPS) is 11.1. The molecule has 0 saturated carbocycles. The fourth-order valence-electron chi connectivity index (χ4n) is 1.63. The number of hydrogen-bond donors (Lipinski definition) is 0. The highest BCUT2D eigenvalue weighted by Gasteiger charge is 2.19. The average molecular weight is 263 g/mol. The van der Waals surface area contributed by atoms with Gasteiger partial charge in [0, 0.05) is 5.56 Å². The first-order chi connectivity index (χ1) is 6.37. The van der Waals surface area contributed by atoms with Crippen molar-refractivity contribution < 1.29 is 8.78 Å². The van der Waals surface area contributed by atoms with Crippen LogP contribution in [0, 0.1) is 25.5 Å². The summed E-state index contributed by atoms with van der Waals surface area (Å²) in [7, 11) is 0. The predicted octanol–water partition coefficient (Wildman–Crippen LogP) is 4.47. The molecule has 0 fully saturated rings. The maximum atomic E-state index is 13.7. The lowest BCUT2D eigenvalue weighted by molar-refractivity contribution is 0.555. The van der Waals surface area contributed by atoms with Crippen LogP contribution in [-0.4, -0.2) is 0 Å². The van der Waals surface area contributed by atoms with Gasteiger partial charge in [0.05, 0.1) is 4.47 Å². The Kier molecular flexibility index (Phi) is 3.30. The number of hydrogen-bond acceptors (Lipinski definition) is 0. The predicted molar refractivity (Wildman–Crippen MR) is 57.6 cm³/mol. The average Bonchev–Trinajstić information content (AvgIpc) is 2.11. The summed E-state index contributed by atoms with van der Waals surface area (Å²) in [6.45, 7) is 6.89. The van der Waals surface area contributed by atoms with Gasteiger partial charge < -0.3 is 0 Å². The first kappa shape index (κ1) is 11.6. The Morgan fingerprint density at radius 2 is 1.50 bits per heavy atom. The smallest absolute Gasteiger partial charge is 0.141 e. The van der Waals surface area contributed by atoms with Gasteiger partial charge in [-0.15, -0.1) is 0 Å². The fourth-order valence-corrected chi connectivity index (χ4v) is 2.02. The number of halogens is 3. The lowest BCUT2D eigenvalue weighted by atomic mass is 9.95. The lowest BCUT2D eigenvalue weighted by Crippen LogP contribution is -2.04. The standard InChI is InChI=1S/C11H13BrF2/c1-5(2)8-6(3)10(13)7(4)9(12)11(8)14/h5H,1-4H3. The second kappa shape index (κ2) is 3.97. The maximum Gasteiger partial charge on any atom is 0.141 e. The highest BCUT2D eigenvalue weighted by atomic mass is 79.9. The third-order valence-electron chi connectivity index (χ3n) is 2.40. The van der Waals surface area contributed by atoms with Crippen LogP contribution in [0.3, 0.4) is 0 Å². The highest BCUT2D eigenvalue weighted by molar-refractivity contribution is 9.10. The van der Waals surface area contributed by atoms with Crippen LogP contribution in [0.25, 0.3) is 0 Å². The van der Waals surface area contributed by atoms with Crippen LogP contribution in [0.15, 0.2) is 4.47 Å². The number of benzene rings is 1. The monoisotopic (exact) mass is 262 g/mol. The summed E-state index contributed by atoms with van der Waals surface area (Å²) in [5.41, 5.74) is 1.21. The largest absolute Gasteiger partial charge is 0.206 e. The molecule has 0 heterocycles. The summed E-state index contributed by atoms with van der Waals surface area (Å²) in [4.78, 5) is 0. The van der Waals surface area contributed by atoms with E-state index >= 15 is 0 Å². The first-order valence-corrected chi connectivity index (χ1v) is 5.30. The molecule has 0 amide bonds. The minimum Gasteiger partial charge on any atom is -0.206 e. The van der Waals surface area contributed by atoms with Gasteiger partial charge in [-0.25, -0.2) is 8.78 Å². The Balaban J connectivity index is 3.60. The molecular weight excluding hydrogens is 250 g/mol. The van der Waals surface area contributed by atoms with Gasteiger partial charge in [-0.1, -0.05) is 13.8 Å². The van der Waals surface area contributed by atoms with Crippen molar-refractivity contribution in [2.24, 2.45) is 0 Å². The fraction of sp³-hybridized carbons (Fsp3) is 0.455. The van der Waals surface area contributed by atoms with E-state index in [1.54, 1.807) is 13.8 Å². The molecule has 0 nitrogen and oxygen atoms in total. The van der Waals surface area contributed by atoms with E-state index in [0.29, 0.717) is 16.7 Å². The zero-order valence-electron chi connectivity index (χ0n) is 8.71. The Morgan fingerprint density at radius 3 is 1.93 bits per heavy atom. The second-order valence-electron chi connectivity index (χ2n) is 3.76. The molecule has 0 unspecified atom stereocenters. The van der Waals surface area contributed by atoms with E-state index in [4.69, 9.17) is 0 Å². The van der Waals surface area contributed by atoms with Crippen molar-refractivity contribution in [3.8, 4) is 0 Å². The van der Waals surface area contributed by atoms with Gasteiger partial charge in [0.1, 0.15) is 11.6 Å². The second-order valence-corrected chi connectivity index (χ2v) is 4.55. The molecule has 1 rings (SSSR count). The molecule has 0 aliphatic rings. The third-order valence-corrected chi connectivity index (χ3v) is 3.34. The molecule has 0 aromatic heterocycles. The van der Waals surface area contributed by atoms with Gasteiger partial charge in [-0.05, 0) is 46.8 Å². The van der Waals surface area contributed by atoms with Crippen LogP contribution in [-0.2, 0) is 0 Å². The minimum atomic E-state index is -0.337.